The van der Waals surface area contributed by atoms with Crippen LogP contribution in [0.2, 0.25) is 0 Å². The van der Waals surface area contributed by atoms with Crippen molar-refractivity contribution in [1.29, 1.82) is 0 Å². The minimum absolute atomic E-state index is 0.793. The normalized spacial score (nSPS) is 11.8. The van der Waals surface area contributed by atoms with Gasteiger partial charge in [0, 0.05) is 39.5 Å². The van der Waals surface area contributed by atoms with E-state index < -0.39 is 0 Å². The van der Waals surface area contributed by atoms with Gasteiger partial charge in [-0.2, -0.15) is 0 Å². The number of rotatable bonds is 4. The lowest BCUT2D eigenvalue weighted by Gasteiger charge is -2.12. The molecule has 0 amide bonds. The number of nitrogens with zero attached hydrogens (tertiary/aromatic N) is 4. The number of hydrogen-bond acceptors (Lipinski definition) is 4. The van der Waals surface area contributed by atoms with Crippen LogP contribution in [0.1, 0.15) is 0 Å². The van der Waals surface area contributed by atoms with Crippen LogP contribution in [0, 0.1) is 0 Å². The van der Waals surface area contributed by atoms with E-state index in [0.717, 1.165) is 72.6 Å². The van der Waals surface area contributed by atoms with Crippen molar-refractivity contribution in [3.63, 3.8) is 0 Å². The Hall–Kier alpha value is -6.59. The molecule has 5 heteroatoms. The highest BCUT2D eigenvalue weighted by molar-refractivity contribution is 6.22. The summed E-state index contributed by atoms with van der Waals surface area (Å²) in [6, 6.07) is 50.6. The Labute approximate surface area is 275 Å². The number of hydrogen-bond donors (Lipinski definition) is 0. The van der Waals surface area contributed by atoms with E-state index in [2.05, 4.69) is 112 Å². The summed E-state index contributed by atoms with van der Waals surface area (Å²) in [6.07, 6.45) is 3.63. The lowest BCUT2D eigenvalue weighted by Crippen LogP contribution is -2.01. The van der Waals surface area contributed by atoms with Crippen LogP contribution >= 0.6 is 0 Å². The van der Waals surface area contributed by atoms with Crippen molar-refractivity contribution >= 4 is 54.5 Å². The number of para-hydroxylation sites is 1. The molecule has 5 aromatic heterocycles. The molecular formula is C43H26N4O. The Balaban J connectivity index is 1.26. The summed E-state index contributed by atoms with van der Waals surface area (Å²) < 4.78 is 8.42. The molecule has 5 heterocycles. The Morgan fingerprint density at radius 3 is 1.96 bits per heavy atom. The van der Waals surface area contributed by atoms with E-state index in [4.69, 9.17) is 9.40 Å². The molecule has 0 radical (unpaired) electrons. The minimum Gasteiger partial charge on any atom is -0.456 e. The molecule has 0 saturated heterocycles. The smallest absolute Gasteiger partial charge is 0.139 e. The fraction of sp³-hybridized carbons (Fsp3) is 0. The molecule has 0 fully saturated rings. The van der Waals surface area contributed by atoms with Gasteiger partial charge in [0.05, 0.1) is 28.1 Å². The monoisotopic (exact) mass is 614 g/mol. The molecular weight excluding hydrogens is 589 g/mol. The predicted molar refractivity (Wildman–Crippen MR) is 195 cm³/mol. The number of pyridine rings is 3. The van der Waals surface area contributed by atoms with Crippen molar-refractivity contribution in [3.8, 4) is 39.6 Å². The van der Waals surface area contributed by atoms with Gasteiger partial charge in [-0.15, -0.1) is 0 Å². The van der Waals surface area contributed by atoms with E-state index in [1.165, 1.54) is 21.5 Å². The van der Waals surface area contributed by atoms with E-state index in [0.29, 0.717) is 0 Å². The first-order valence-electron chi connectivity index (χ1n) is 16.0. The molecule has 0 unspecified atom stereocenters. The molecule has 0 atom stereocenters. The molecule has 0 aliphatic carbocycles. The zero-order valence-corrected chi connectivity index (χ0v) is 25.7. The maximum atomic E-state index is 6.14. The molecule has 5 aromatic carbocycles. The number of benzene rings is 5. The summed E-state index contributed by atoms with van der Waals surface area (Å²) in [4.78, 5) is 14.6. The second-order valence-corrected chi connectivity index (χ2v) is 12.1. The predicted octanol–water partition coefficient (Wildman–Crippen LogP) is 11.0. The van der Waals surface area contributed by atoms with Gasteiger partial charge in [0.25, 0.3) is 0 Å². The minimum atomic E-state index is 0.793. The second-order valence-electron chi connectivity index (χ2n) is 12.1. The summed E-state index contributed by atoms with van der Waals surface area (Å²) >= 11 is 0. The largest absolute Gasteiger partial charge is 0.456 e. The maximum absolute atomic E-state index is 6.14. The van der Waals surface area contributed by atoms with Crippen LogP contribution in [0.15, 0.2) is 162 Å². The van der Waals surface area contributed by atoms with E-state index >= 15 is 0 Å². The first-order valence-corrected chi connectivity index (χ1v) is 16.0. The van der Waals surface area contributed by atoms with Gasteiger partial charge in [-0.3, -0.25) is 14.5 Å². The van der Waals surface area contributed by atoms with E-state index in [1.807, 2.05) is 60.9 Å². The Morgan fingerprint density at radius 2 is 1.12 bits per heavy atom. The Bertz CT molecular complexity index is 2780. The van der Waals surface area contributed by atoms with Crippen LogP contribution < -0.4 is 0 Å². The van der Waals surface area contributed by atoms with Crippen LogP contribution in [0.3, 0.4) is 0 Å². The molecule has 48 heavy (non-hydrogen) atoms. The summed E-state index contributed by atoms with van der Waals surface area (Å²) in [5.74, 6) is 0.813. The average Bonchev–Trinajstić information content (AvgIpc) is 3.70. The number of fused-ring (bicyclic) bond motifs is 8. The van der Waals surface area contributed by atoms with E-state index in [-0.39, 0.29) is 0 Å². The summed E-state index contributed by atoms with van der Waals surface area (Å²) in [5, 5.41) is 7.02. The van der Waals surface area contributed by atoms with Gasteiger partial charge in [-0.05, 0) is 94.7 Å². The second kappa shape index (κ2) is 10.5. The molecule has 0 aliphatic heterocycles. The van der Waals surface area contributed by atoms with E-state index in [9.17, 15) is 0 Å². The van der Waals surface area contributed by atoms with Crippen LogP contribution in [0.4, 0.5) is 0 Å². The first kappa shape index (κ1) is 26.6. The van der Waals surface area contributed by atoms with Crippen molar-refractivity contribution in [1.82, 2.24) is 19.5 Å². The molecule has 0 aliphatic rings. The van der Waals surface area contributed by atoms with Crippen molar-refractivity contribution < 1.29 is 4.42 Å². The van der Waals surface area contributed by atoms with Crippen molar-refractivity contribution in [3.05, 3.63) is 158 Å². The van der Waals surface area contributed by atoms with Gasteiger partial charge in [0.2, 0.25) is 0 Å². The molecule has 0 N–H and O–H groups in total. The van der Waals surface area contributed by atoms with Gasteiger partial charge in [-0.25, -0.2) is 4.98 Å². The van der Waals surface area contributed by atoms with Crippen molar-refractivity contribution in [2.45, 2.75) is 0 Å². The third kappa shape index (κ3) is 4.15. The van der Waals surface area contributed by atoms with Crippen LogP contribution in [-0.2, 0) is 0 Å². The van der Waals surface area contributed by atoms with Gasteiger partial charge >= 0.3 is 0 Å². The number of aromatic nitrogens is 4. The summed E-state index contributed by atoms with van der Waals surface area (Å²) in [6.45, 7) is 0. The third-order valence-corrected chi connectivity index (χ3v) is 9.29. The van der Waals surface area contributed by atoms with Gasteiger partial charge in [-0.1, -0.05) is 72.8 Å². The maximum Gasteiger partial charge on any atom is 0.139 e. The standard InChI is InChI=1S/C43H26N4O/c1-2-10-31-27(9-1)15-19-39-43(31)34-24-28(29-17-20-41-33(23-29)32-11-3-4-14-40(32)48-41)16-18-38(34)47(39)42-26-30(35-12-5-7-21-44-35)25-37(46-42)36-13-6-8-22-45-36/h1-26H. The first-order chi connectivity index (χ1) is 23.8. The molecule has 0 saturated carbocycles. The summed E-state index contributed by atoms with van der Waals surface area (Å²) in [5.41, 5.74) is 9.73. The third-order valence-electron chi connectivity index (χ3n) is 9.29. The van der Waals surface area contributed by atoms with Crippen molar-refractivity contribution in [2.24, 2.45) is 0 Å². The summed E-state index contributed by atoms with van der Waals surface area (Å²) in [7, 11) is 0. The lowest BCUT2D eigenvalue weighted by atomic mass is 9.99. The zero-order valence-electron chi connectivity index (χ0n) is 25.7. The van der Waals surface area contributed by atoms with Crippen LogP contribution in [-0.4, -0.2) is 19.5 Å². The molecule has 5 nitrogen and oxygen atoms in total. The zero-order chi connectivity index (χ0) is 31.6. The Morgan fingerprint density at radius 1 is 0.438 bits per heavy atom. The SMILES string of the molecule is c1ccc(-c2cc(-c3ccccn3)nc(-n3c4ccc(-c5ccc6oc7ccccc7c6c5)cc4c4c5ccccc5ccc43)c2)nc1. The van der Waals surface area contributed by atoms with Gasteiger partial charge < -0.3 is 4.42 Å². The van der Waals surface area contributed by atoms with Crippen LogP contribution in [0.25, 0.3) is 94.1 Å². The molecule has 10 rings (SSSR count). The van der Waals surface area contributed by atoms with Gasteiger partial charge in [0.1, 0.15) is 17.0 Å². The fourth-order valence-electron chi connectivity index (χ4n) is 7.08. The molecule has 224 valence electrons. The van der Waals surface area contributed by atoms with Crippen molar-refractivity contribution in [2.75, 3.05) is 0 Å². The topological polar surface area (TPSA) is 56.7 Å². The van der Waals surface area contributed by atoms with E-state index in [1.54, 1.807) is 0 Å². The quantitative estimate of drug-likeness (QED) is 0.198. The molecule has 10 aromatic rings. The van der Waals surface area contributed by atoms with Gasteiger partial charge in [0.15, 0.2) is 0 Å². The highest BCUT2D eigenvalue weighted by atomic mass is 16.3. The number of furan rings is 1. The van der Waals surface area contributed by atoms with Crippen LogP contribution in [0.5, 0.6) is 0 Å². The highest BCUT2D eigenvalue weighted by Gasteiger charge is 2.19. The molecule has 0 spiro atoms. The Kier molecular flexibility index (Phi) is 5.81. The molecule has 0 bridgehead atoms. The fourth-order valence-corrected chi connectivity index (χ4v) is 7.08. The lowest BCUT2D eigenvalue weighted by molar-refractivity contribution is 0.669. The highest BCUT2D eigenvalue weighted by Crippen LogP contribution is 2.40. The average molecular weight is 615 g/mol.